The molecular formula is C23H24B3N7O4. The predicted octanol–water partition coefficient (Wildman–Crippen LogP) is 1.67. The smallest absolute Gasteiger partial charge is 0.272 e. The molecule has 0 atom stereocenters. The van der Waals surface area contributed by atoms with Crippen molar-refractivity contribution in [2.24, 2.45) is 11.8 Å². The zero-order chi connectivity index (χ0) is 26.7. The van der Waals surface area contributed by atoms with Crippen LogP contribution < -0.4 is 20.7 Å². The predicted molar refractivity (Wildman–Crippen MR) is 139 cm³/mol. The molecule has 2 heterocycles. The zero-order valence-electron chi connectivity index (χ0n) is 20.7. The van der Waals surface area contributed by atoms with E-state index in [0.29, 0.717) is 35.2 Å². The molecule has 2 amide bonds. The summed E-state index contributed by atoms with van der Waals surface area (Å²) >= 11 is 0. The van der Waals surface area contributed by atoms with Crippen LogP contribution in [-0.2, 0) is 11.2 Å². The summed E-state index contributed by atoms with van der Waals surface area (Å²) in [5, 5.41) is 18.0. The average Bonchev–Trinajstić information content (AvgIpc) is 3.57. The van der Waals surface area contributed by atoms with Crippen LogP contribution in [0.1, 0.15) is 43.0 Å². The first kappa shape index (κ1) is 26.2. The molecule has 1 aromatic carbocycles. The van der Waals surface area contributed by atoms with Crippen LogP contribution in [0.15, 0.2) is 28.8 Å². The first-order valence-corrected chi connectivity index (χ1v) is 11.7. The number of nitrogens with one attached hydrogen (secondary N) is 3. The van der Waals surface area contributed by atoms with Crippen molar-refractivity contribution in [1.82, 2.24) is 25.7 Å². The number of hydrogen-bond donors (Lipinski definition) is 3. The fourth-order valence-electron chi connectivity index (χ4n) is 3.53. The van der Waals surface area contributed by atoms with E-state index < -0.39 is 11.1 Å². The molecule has 1 fully saturated rings. The highest BCUT2D eigenvalue weighted by atomic mass is 16.5. The van der Waals surface area contributed by atoms with Crippen molar-refractivity contribution in [2.45, 2.75) is 38.3 Å². The second-order valence-corrected chi connectivity index (χ2v) is 9.27. The van der Waals surface area contributed by atoms with E-state index in [1.807, 2.05) is 0 Å². The first-order valence-electron chi connectivity index (χ1n) is 11.7. The van der Waals surface area contributed by atoms with Crippen molar-refractivity contribution >= 4 is 52.5 Å². The molecule has 0 saturated heterocycles. The summed E-state index contributed by atoms with van der Waals surface area (Å²) in [6, 6.07) is 6.70. The number of carbonyl (C=O) groups is 2. The van der Waals surface area contributed by atoms with Gasteiger partial charge in [0.25, 0.3) is 11.8 Å². The van der Waals surface area contributed by atoms with E-state index >= 15 is 0 Å². The molecule has 1 aliphatic carbocycles. The lowest BCUT2D eigenvalue weighted by molar-refractivity contribution is -0.117. The van der Waals surface area contributed by atoms with Crippen molar-refractivity contribution < 1.29 is 18.8 Å². The fourth-order valence-corrected chi connectivity index (χ4v) is 3.53. The lowest BCUT2D eigenvalue weighted by atomic mass is 9.49. The van der Waals surface area contributed by atoms with Gasteiger partial charge in [-0.1, -0.05) is 30.3 Å². The van der Waals surface area contributed by atoms with Crippen LogP contribution in [0.25, 0.3) is 11.5 Å². The maximum absolute atomic E-state index is 12.8. The number of para-hydroxylation sites is 1. The molecule has 1 aliphatic rings. The van der Waals surface area contributed by atoms with Gasteiger partial charge in [-0.2, -0.15) is 4.98 Å². The Morgan fingerprint density at radius 1 is 1.19 bits per heavy atom. The Bertz CT molecular complexity index is 1310. The standard InChI is InChI=1S/C23H24B3N7O4/c1-11(2)9-17-29-22(37-33-17)13-5-4-6-14(19(13)36-3)27-15-10-16(28-20(34)12-7-8-12)31-32-18(15)21(35)30-23(24,25)26/h4-6,10-12H,7-9H2,1-3H3,(H,30,35)(H2,27,28,31,34). The average molecular weight is 495 g/mol. The molecule has 2 aromatic heterocycles. The van der Waals surface area contributed by atoms with Gasteiger partial charge in [0.05, 0.1) is 47.6 Å². The highest BCUT2D eigenvalue weighted by Crippen LogP contribution is 2.38. The van der Waals surface area contributed by atoms with Gasteiger partial charge in [-0.25, -0.2) is 0 Å². The minimum atomic E-state index is -1.99. The third-order valence-electron chi connectivity index (χ3n) is 5.32. The molecule has 3 aromatic rings. The van der Waals surface area contributed by atoms with Gasteiger partial charge < -0.3 is 25.2 Å². The van der Waals surface area contributed by atoms with E-state index in [1.54, 1.807) is 18.2 Å². The van der Waals surface area contributed by atoms with Crippen LogP contribution >= 0.6 is 0 Å². The van der Waals surface area contributed by atoms with E-state index in [4.69, 9.17) is 32.8 Å². The van der Waals surface area contributed by atoms with Crippen molar-refractivity contribution in [3.05, 3.63) is 35.8 Å². The number of amides is 2. The third kappa shape index (κ3) is 6.69. The van der Waals surface area contributed by atoms with Gasteiger partial charge in [-0.05, 0) is 30.9 Å². The van der Waals surface area contributed by atoms with Crippen molar-refractivity contribution in [2.75, 3.05) is 17.7 Å². The molecule has 0 bridgehead atoms. The first-order chi connectivity index (χ1) is 17.5. The summed E-state index contributed by atoms with van der Waals surface area (Å²) in [4.78, 5) is 29.5. The lowest BCUT2D eigenvalue weighted by Gasteiger charge is -2.23. The van der Waals surface area contributed by atoms with E-state index in [-0.39, 0.29) is 34.9 Å². The quantitative estimate of drug-likeness (QED) is 0.358. The number of benzene rings is 1. The molecule has 14 heteroatoms. The van der Waals surface area contributed by atoms with Crippen LogP contribution in [-0.4, -0.2) is 68.0 Å². The summed E-state index contributed by atoms with van der Waals surface area (Å²) in [6.07, 6.45) is 2.29. The second-order valence-electron chi connectivity index (χ2n) is 9.27. The molecular weight excluding hydrogens is 471 g/mol. The van der Waals surface area contributed by atoms with Gasteiger partial charge in [0.15, 0.2) is 23.1 Å². The van der Waals surface area contributed by atoms with E-state index in [0.717, 1.165) is 12.8 Å². The fraction of sp³-hybridized carbons (Fsp3) is 0.391. The molecule has 3 N–H and O–H groups in total. The Kier molecular flexibility index (Phi) is 7.56. The number of anilines is 3. The highest BCUT2D eigenvalue weighted by molar-refractivity contribution is 6.60. The van der Waals surface area contributed by atoms with Gasteiger partial charge in [0.2, 0.25) is 5.91 Å². The molecule has 0 aliphatic heterocycles. The largest absolute Gasteiger partial charge is 0.494 e. The summed E-state index contributed by atoms with van der Waals surface area (Å²) in [5.74, 6) is 0.725. The van der Waals surface area contributed by atoms with Crippen LogP contribution in [0.4, 0.5) is 17.2 Å². The molecule has 1 saturated carbocycles. The maximum Gasteiger partial charge on any atom is 0.272 e. The number of nitrogens with zero attached hydrogens (tertiary/aromatic N) is 4. The van der Waals surface area contributed by atoms with E-state index in [9.17, 15) is 9.59 Å². The van der Waals surface area contributed by atoms with Gasteiger partial charge in [-0.3, -0.25) is 9.59 Å². The Labute approximate surface area is 218 Å². The topological polar surface area (TPSA) is 144 Å². The van der Waals surface area contributed by atoms with Crippen molar-refractivity contribution in [1.29, 1.82) is 0 Å². The van der Waals surface area contributed by atoms with Crippen LogP contribution in [0.3, 0.4) is 0 Å². The zero-order valence-corrected chi connectivity index (χ0v) is 20.7. The van der Waals surface area contributed by atoms with Crippen molar-refractivity contribution in [3.8, 4) is 17.2 Å². The Balaban J connectivity index is 1.70. The van der Waals surface area contributed by atoms with Crippen LogP contribution in [0.5, 0.6) is 5.75 Å². The highest BCUT2D eigenvalue weighted by Gasteiger charge is 2.30. The normalized spacial score (nSPS) is 13.3. The minimum Gasteiger partial charge on any atom is -0.494 e. The summed E-state index contributed by atoms with van der Waals surface area (Å²) in [5.41, 5.74) is 1.00. The molecule has 37 heavy (non-hydrogen) atoms. The number of aromatic nitrogens is 4. The molecule has 0 spiro atoms. The van der Waals surface area contributed by atoms with E-state index in [1.165, 1.54) is 13.2 Å². The molecule has 4 rings (SSSR count). The second kappa shape index (κ2) is 10.7. The Hall–Kier alpha value is -3.83. The monoisotopic (exact) mass is 495 g/mol. The Morgan fingerprint density at radius 2 is 1.95 bits per heavy atom. The molecule has 11 nitrogen and oxygen atoms in total. The summed E-state index contributed by atoms with van der Waals surface area (Å²) in [7, 11) is 18.1. The SMILES string of the molecule is [B]C([B])([B])NC(=O)c1nnc(NC(=O)C2CC2)cc1Nc1cccc(-c2nc(CC(C)C)no2)c1OC. The van der Waals surface area contributed by atoms with Gasteiger partial charge in [-0.15, -0.1) is 10.2 Å². The Morgan fingerprint density at radius 3 is 2.59 bits per heavy atom. The van der Waals surface area contributed by atoms with Gasteiger partial charge >= 0.3 is 0 Å². The number of methoxy groups -OCH3 is 1. The van der Waals surface area contributed by atoms with Gasteiger partial charge in [0.1, 0.15) is 0 Å². The third-order valence-corrected chi connectivity index (χ3v) is 5.32. The molecule has 184 valence electrons. The number of carbonyl (C=O) groups excluding carboxylic acids is 2. The summed E-state index contributed by atoms with van der Waals surface area (Å²) < 4.78 is 11.1. The summed E-state index contributed by atoms with van der Waals surface area (Å²) in [6.45, 7) is 4.12. The van der Waals surface area contributed by atoms with E-state index in [2.05, 4.69) is 50.1 Å². The molecule has 0 unspecified atom stereocenters. The van der Waals surface area contributed by atoms with Crippen LogP contribution in [0, 0.1) is 11.8 Å². The number of ether oxygens (including phenoxy) is 1. The van der Waals surface area contributed by atoms with Crippen LogP contribution in [0.2, 0.25) is 0 Å². The minimum absolute atomic E-state index is 0.0553. The number of rotatable bonds is 10. The lowest BCUT2D eigenvalue weighted by Crippen LogP contribution is -2.50. The van der Waals surface area contributed by atoms with Gasteiger partial charge in [0, 0.05) is 18.4 Å². The van der Waals surface area contributed by atoms with Crippen molar-refractivity contribution in [3.63, 3.8) is 0 Å². The molecule has 6 radical (unpaired) electrons. The number of hydrogen-bond acceptors (Lipinski definition) is 9. The maximum atomic E-state index is 12.8.